The number of benzene rings is 1. The van der Waals surface area contributed by atoms with Crippen molar-refractivity contribution < 1.29 is 13.9 Å². The van der Waals surface area contributed by atoms with E-state index in [0.717, 1.165) is 11.1 Å². The largest absolute Gasteiger partial charge is 0.496 e. The summed E-state index contributed by atoms with van der Waals surface area (Å²) in [5.74, 6) is 0.496. The van der Waals surface area contributed by atoms with E-state index in [1.54, 1.807) is 31.4 Å². The highest BCUT2D eigenvalue weighted by Gasteiger charge is 2.11. The summed E-state index contributed by atoms with van der Waals surface area (Å²) >= 11 is 0. The quantitative estimate of drug-likeness (QED) is 0.864. The number of halogens is 1. The molecule has 0 aliphatic heterocycles. The zero-order chi connectivity index (χ0) is 14.7. The maximum absolute atomic E-state index is 13.2. The summed E-state index contributed by atoms with van der Waals surface area (Å²) in [6, 6.07) is 7.88. The van der Waals surface area contributed by atoms with E-state index in [1.807, 2.05) is 0 Å². The van der Waals surface area contributed by atoms with Gasteiger partial charge in [0.05, 0.1) is 7.11 Å². The normalized spacial score (nSPS) is 10.2. The lowest BCUT2D eigenvalue weighted by Gasteiger charge is -2.15. The van der Waals surface area contributed by atoms with Crippen LogP contribution in [0.2, 0.25) is 0 Å². The molecule has 0 spiro atoms. The molecule has 0 unspecified atom stereocenters. The Morgan fingerprint density at radius 1 is 1.30 bits per heavy atom. The molecule has 20 heavy (non-hydrogen) atoms. The average molecular weight is 274 g/mol. The molecule has 0 N–H and O–H groups in total. The molecule has 1 aromatic heterocycles. The molecule has 0 fully saturated rings. The van der Waals surface area contributed by atoms with Gasteiger partial charge in [0.15, 0.2) is 0 Å². The second-order valence-electron chi connectivity index (χ2n) is 4.33. The molecule has 104 valence electrons. The molecule has 1 amide bonds. The molecule has 0 atom stereocenters. The van der Waals surface area contributed by atoms with E-state index in [1.165, 1.54) is 31.1 Å². The maximum atomic E-state index is 13.2. The molecule has 1 aromatic carbocycles. The Balaban J connectivity index is 2.48. The maximum Gasteiger partial charge on any atom is 0.224 e. The van der Waals surface area contributed by atoms with Gasteiger partial charge >= 0.3 is 0 Å². The van der Waals surface area contributed by atoms with Gasteiger partial charge in [-0.05, 0) is 29.8 Å². The lowest BCUT2D eigenvalue weighted by Crippen LogP contribution is -2.23. The summed E-state index contributed by atoms with van der Waals surface area (Å²) < 4.78 is 18.4. The fraction of sp³-hybridized carbons (Fsp3) is 0.200. The first-order valence-electron chi connectivity index (χ1n) is 6.07. The Bertz CT molecular complexity index is 644. The Hall–Kier alpha value is -2.43. The molecule has 0 saturated heterocycles. The van der Waals surface area contributed by atoms with Crippen molar-refractivity contribution >= 4 is 11.7 Å². The van der Waals surface area contributed by atoms with Gasteiger partial charge < -0.3 is 9.64 Å². The first-order chi connectivity index (χ1) is 9.52. The molecule has 2 rings (SSSR count). The van der Waals surface area contributed by atoms with E-state index >= 15 is 0 Å². The molecular formula is C15H15FN2O2. The van der Waals surface area contributed by atoms with Crippen LogP contribution in [0, 0.1) is 5.82 Å². The fourth-order valence-corrected chi connectivity index (χ4v) is 1.83. The Labute approximate surface area is 116 Å². The van der Waals surface area contributed by atoms with Crippen LogP contribution in [0.25, 0.3) is 11.1 Å². The van der Waals surface area contributed by atoms with Crippen molar-refractivity contribution in [2.24, 2.45) is 0 Å². The van der Waals surface area contributed by atoms with Gasteiger partial charge in [-0.25, -0.2) is 9.37 Å². The second kappa shape index (κ2) is 5.69. The van der Waals surface area contributed by atoms with E-state index in [9.17, 15) is 9.18 Å². The summed E-state index contributed by atoms with van der Waals surface area (Å²) in [6.45, 7) is 1.47. The van der Waals surface area contributed by atoms with Gasteiger partial charge in [0, 0.05) is 31.8 Å². The SMILES string of the molecule is COc1cc(F)ccc1-c1ccnc(N(C)C(C)=O)c1. The van der Waals surface area contributed by atoms with Crippen LogP contribution >= 0.6 is 0 Å². The van der Waals surface area contributed by atoms with E-state index in [4.69, 9.17) is 4.74 Å². The number of anilines is 1. The van der Waals surface area contributed by atoms with Crippen molar-refractivity contribution in [2.45, 2.75) is 6.92 Å². The monoisotopic (exact) mass is 274 g/mol. The van der Waals surface area contributed by atoms with Crippen LogP contribution in [0.5, 0.6) is 5.75 Å². The minimum atomic E-state index is -0.360. The Morgan fingerprint density at radius 2 is 2.05 bits per heavy atom. The highest BCUT2D eigenvalue weighted by atomic mass is 19.1. The first kappa shape index (κ1) is 14.0. The number of rotatable bonds is 3. The predicted molar refractivity (Wildman–Crippen MR) is 75.3 cm³/mol. The van der Waals surface area contributed by atoms with Crippen molar-refractivity contribution in [3.05, 3.63) is 42.3 Å². The van der Waals surface area contributed by atoms with Gasteiger partial charge in [-0.15, -0.1) is 0 Å². The molecule has 1 heterocycles. The third-order valence-electron chi connectivity index (χ3n) is 3.04. The number of aromatic nitrogens is 1. The number of hydrogen-bond donors (Lipinski definition) is 0. The summed E-state index contributed by atoms with van der Waals surface area (Å²) in [5.41, 5.74) is 1.55. The van der Waals surface area contributed by atoms with Crippen molar-refractivity contribution in [1.82, 2.24) is 4.98 Å². The number of nitrogens with zero attached hydrogens (tertiary/aromatic N) is 2. The van der Waals surface area contributed by atoms with Gasteiger partial charge in [0.1, 0.15) is 17.4 Å². The van der Waals surface area contributed by atoms with E-state index in [-0.39, 0.29) is 11.7 Å². The number of hydrogen-bond acceptors (Lipinski definition) is 3. The Morgan fingerprint density at radius 3 is 2.70 bits per heavy atom. The molecule has 0 aliphatic carbocycles. The second-order valence-corrected chi connectivity index (χ2v) is 4.33. The van der Waals surface area contributed by atoms with Crippen molar-refractivity contribution in [3.63, 3.8) is 0 Å². The minimum absolute atomic E-state index is 0.110. The molecular weight excluding hydrogens is 259 g/mol. The average Bonchev–Trinajstić information content (AvgIpc) is 2.46. The van der Waals surface area contributed by atoms with Crippen LogP contribution in [0.4, 0.5) is 10.2 Å². The van der Waals surface area contributed by atoms with Crippen LogP contribution in [0.3, 0.4) is 0 Å². The summed E-state index contributed by atoms with van der Waals surface area (Å²) in [4.78, 5) is 17.0. The van der Waals surface area contributed by atoms with Crippen molar-refractivity contribution in [2.75, 3.05) is 19.1 Å². The Kier molecular flexibility index (Phi) is 3.98. The number of amides is 1. The van der Waals surface area contributed by atoms with Gasteiger partial charge in [-0.2, -0.15) is 0 Å². The number of ether oxygens (including phenoxy) is 1. The molecule has 0 bridgehead atoms. The predicted octanol–water partition coefficient (Wildman–Crippen LogP) is 2.88. The third-order valence-corrected chi connectivity index (χ3v) is 3.04. The highest BCUT2D eigenvalue weighted by molar-refractivity contribution is 5.90. The van der Waals surface area contributed by atoms with Gasteiger partial charge in [-0.1, -0.05) is 0 Å². The summed E-state index contributed by atoms with van der Waals surface area (Å²) in [5, 5.41) is 0. The topological polar surface area (TPSA) is 42.4 Å². The zero-order valence-corrected chi connectivity index (χ0v) is 11.6. The van der Waals surface area contributed by atoms with Gasteiger partial charge in [-0.3, -0.25) is 4.79 Å². The zero-order valence-electron chi connectivity index (χ0n) is 11.6. The van der Waals surface area contributed by atoms with E-state index in [2.05, 4.69) is 4.98 Å². The smallest absolute Gasteiger partial charge is 0.224 e. The molecule has 0 aliphatic rings. The van der Waals surface area contributed by atoms with Crippen molar-refractivity contribution in [1.29, 1.82) is 0 Å². The summed E-state index contributed by atoms with van der Waals surface area (Å²) in [6.07, 6.45) is 1.60. The number of carbonyl (C=O) groups excluding carboxylic acids is 1. The lowest BCUT2D eigenvalue weighted by molar-refractivity contribution is -0.116. The van der Waals surface area contributed by atoms with Crippen LogP contribution in [0.15, 0.2) is 36.5 Å². The molecule has 0 saturated carbocycles. The van der Waals surface area contributed by atoms with Crippen LogP contribution < -0.4 is 9.64 Å². The number of carbonyl (C=O) groups is 1. The molecule has 2 aromatic rings. The minimum Gasteiger partial charge on any atom is -0.496 e. The van der Waals surface area contributed by atoms with E-state index < -0.39 is 0 Å². The number of pyridine rings is 1. The third kappa shape index (κ3) is 2.77. The molecule has 4 nitrogen and oxygen atoms in total. The summed E-state index contributed by atoms with van der Waals surface area (Å²) in [7, 11) is 3.14. The molecule has 0 radical (unpaired) electrons. The fourth-order valence-electron chi connectivity index (χ4n) is 1.83. The lowest BCUT2D eigenvalue weighted by atomic mass is 10.1. The number of methoxy groups -OCH3 is 1. The van der Waals surface area contributed by atoms with Crippen LogP contribution in [0.1, 0.15) is 6.92 Å². The standard InChI is InChI=1S/C15H15FN2O2/c1-10(19)18(2)15-8-11(6-7-17-15)13-5-4-12(16)9-14(13)20-3/h4-9H,1-3H3. The van der Waals surface area contributed by atoms with Crippen molar-refractivity contribution in [3.8, 4) is 16.9 Å². The van der Waals surface area contributed by atoms with Gasteiger partial charge in [0.2, 0.25) is 5.91 Å². The highest BCUT2D eigenvalue weighted by Crippen LogP contribution is 2.31. The van der Waals surface area contributed by atoms with Crippen LogP contribution in [-0.4, -0.2) is 25.0 Å². The van der Waals surface area contributed by atoms with Crippen LogP contribution in [-0.2, 0) is 4.79 Å². The first-order valence-corrected chi connectivity index (χ1v) is 6.07. The van der Waals surface area contributed by atoms with E-state index in [0.29, 0.717) is 11.6 Å². The molecule has 5 heteroatoms. The van der Waals surface area contributed by atoms with Gasteiger partial charge in [0.25, 0.3) is 0 Å².